The van der Waals surface area contributed by atoms with Crippen LogP contribution in [0.1, 0.15) is 12.8 Å². The van der Waals surface area contributed by atoms with Gasteiger partial charge >= 0.3 is 6.03 Å². The molecule has 0 unspecified atom stereocenters. The normalized spacial score (nSPS) is 22.2. The van der Waals surface area contributed by atoms with Crippen LogP contribution in [-0.4, -0.2) is 23.8 Å². The Morgan fingerprint density at radius 3 is 2.67 bits per heavy atom. The molecule has 0 aromatic heterocycles. The van der Waals surface area contributed by atoms with Crippen molar-refractivity contribution in [3.63, 3.8) is 0 Å². The third kappa shape index (κ3) is 3.51. The van der Waals surface area contributed by atoms with Gasteiger partial charge in [0.05, 0.1) is 16.1 Å². The average molecular weight is 289 g/mol. The Morgan fingerprint density at radius 1 is 1.33 bits per heavy atom. The largest absolute Gasteiger partial charge is 0.393 e. The number of nitrogens with one attached hydrogen (secondary N) is 2. The summed E-state index contributed by atoms with van der Waals surface area (Å²) in [5.41, 5.74) is 0.593. The lowest BCUT2D eigenvalue weighted by atomic mass is 9.82. The Bertz CT molecular complexity index is 448. The van der Waals surface area contributed by atoms with E-state index in [1.807, 2.05) is 0 Å². The second-order valence-corrected chi connectivity index (χ2v) is 5.27. The van der Waals surface area contributed by atoms with E-state index in [1.54, 1.807) is 18.2 Å². The van der Waals surface area contributed by atoms with Gasteiger partial charge in [-0.1, -0.05) is 23.2 Å². The minimum absolute atomic E-state index is 0.199. The van der Waals surface area contributed by atoms with Gasteiger partial charge in [-0.25, -0.2) is 4.79 Å². The molecular formula is C12H14Cl2N2O2. The first-order chi connectivity index (χ1) is 8.54. The van der Waals surface area contributed by atoms with Crippen molar-refractivity contribution in [2.45, 2.75) is 18.9 Å². The molecule has 1 fully saturated rings. The Balaban J connectivity index is 1.78. The summed E-state index contributed by atoms with van der Waals surface area (Å²) in [6, 6.07) is 4.62. The van der Waals surface area contributed by atoms with Crippen molar-refractivity contribution >= 4 is 34.9 Å². The summed E-state index contributed by atoms with van der Waals surface area (Å²) in [6.45, 7) is 0.574. The number of anilines is 1. The molecule has 6 heteroatoms. The summed E-state index contributed by atoms with van der Waals surface area (Å²) in [5.74, 6) is 0.375. The van der Waals surface area contributed by atoms with Crippen LogP contribution >= 0.6 is 23.2 Å². The van der Waals surface area contributed by atoms with Gasteiger partial charge in [-0.2, -0.15) is 0 Å². The van der Waals surface area contributed by atoms with E-state index >= 15 is 0 Å². The molecule has 0 spiro atoms. The molecule has 2 rings (SSSR count). The topological polar surface area (TPSA) is 61.4 Å². The van der Waals surface area contributed by atoms with E-state index in [9.17, 15) is 4.79 Å². The zero-order chi connectivity index (χ0) is 13.1. The molecule has 0 heterocycles. The van der Waals surface area contributed by atoms with Crippen molar-refractivity contribution in [1.29, 1.82) is 0 Å². The van der Waals surface area contributed by atoms with Crippen molar-refractivity contribution in [2.24, 2.45) is 5.92 Å². The van der Waals surface area contributed by atoms with Gasteiger partial charge in [0.15, 0.2) is 0 Å². The monoisotopic (exact) mass is 288 g/mol. The SMILES string of the molecule is O=C(NCC1CC(O)C1)Nc1ccc(Cl)c(Cl)c1. The molecule has 1 aromatic rings. The first-order valence-electron chi connectivity index (χ1n) is 5.72. The highest BCUT2D eigenvalue weighted by molar-refractivity contribution is 6.42. The molecule has 0 bridgehead atoms. The highest BCUT2D eigenvalue weighted by Crippen LogP contribution is 2.26. The number of rotatable bonds is 3. The summed E-state index contributed by atoms with van der Waals surface area (Å²) < 4.78 is 0. The molecule has 1 aliphatic carbocycles. The summed E-state index contributed by atoms with van der Waals surface area (Å²) in [4.78, 5) is 11.6. The summed E-state index contributed by atoms with van der Waals surface area (Å²) in [6.07, 6.45) is 1.31. The van der Waals surface area contributed by atoms with Gasteiger partial charge in [-0.3, -0.25) is 0 Å². The van der Waals surface area contributed by atoms with Crippen LogP contribution < -0.4 is 10.6 Å². The molecule has 18 heavy (non-hydrogen) atoms. The van der Waals surface area contributed by atoms with Crippen molar-refractivity contribution in [3.8, 4) is 0 Å². The molecule has 0 saturated heterocycles. The van der Waals surface area contributed by atoms with Gasteiger partial charge in [-0.15, -0.1) is 0 Å². The number of halogens is 2. The average Bonchev–Trinajstić information content (AvgIpc) is 2.28. The molecule has 0 atom stereocenters. The van der Waals surface area contributed by atoms with Gasteiger partial charge in [0, 0.05) is 12.2 Å². The quantitative estimate of drug-likeness (QED) is 0.801. The number of amides is 2. The lowest BCUT2D eigenvalue weighted by Crippen LogP contribution is -2.39. The third-order valence-electron chi connectivity index (χ3n) is 2.94. The smallest absolute Gasteiger partial charge is 0.319 e. The number of carbonyl (C=O) groups excluding carboxylic acids is 1. The van der Waals surface area contributed by atoms with Gasteiger partial charge in [0.1, 0.15) is 0 Å². The van der Waals surface area contributed by atoms with Crippen LogP contribution in [0.3, 0.4) is 0 Å². The second kappa shape index (κ2) is 5.78. The predicted molar refractivity (Wildman–Crippen MR) is 72.2 cm³/mol. The zero-order valence-electron chi connectivity index (χ0n) is 9.62. The second-order valence-electron chi connectivity index (χ2n) is 4.46. The lowest BCUT2D eigenvalue weighted by Gasteiger charge is -2.31. The number of carbonyl (C=O) groups is 1. The van der Waals surface area contributed by atoms with Gasteiger partial charge in [0.2, 0.25) is 0 Å². The molecule has 98 valence electrons. The van der Waals surface area contributed by atoms with Crippen LogP contribution in [0.15, 0.2) is 18.2 Å². The van der Waals surface area contributed by atoms with Gasteiger partial charge in [0.25, 0.3) is 0 Å². The minimum Gasteiger partial charge on any atom is -0.393 e. The maximum absolute atomic E-state index is 11.6. The van der Waals surface area contributed by atoms with E-state index in [-0.39, 0.29) is 12.1 Å². The highest BCUT2D eigenvalue weighted by Gasteiger charge is 2.27. The van der Waals surface area contributed by atoms with E-state index in [2.05, 4.69) is 10.6 Å². The fraction of sp³-hybridized carbons (Fsp3) is 0.417. The predicted octanol–water partition coefficient (Wildman–Crippen LogP) is 2.89. The first kappa shape index (κ1) is 13.5. The van der Waals surface area contributed by atoms with Crippen LogP contribution in [-0.2, 0) is 0 Å². The maximum Gasteiger partial charge on any atom is 0.319 e. The minimum atomic E-state index is -0.283. The fourth-order valence-electron chi connectivity index (χ4n) is 1.85. The number of hydrogen-bond donors (Lipinski definition) is 3. The summed E-state index contributed by atoms with van der Waals surface area (Å²) in [7, 11) is 0. The molecule has 0 radical (unpaired) electrons. The van der Waals surface area contributed by atoms with E-state index in [4.69, 9.17) is 28.3 Å². The number of aliphatic hydroxyl groups is 1. The molecule has 4 nitrogen and oxygen atoms in total. The summed E-state index contributed by atoms with van der Waals surface area (Å²) >= 11 is 11.6. The maximum atomic E-state index is 11.6. The lowest BCUT2D eigenvalue weighted by molar-refractivity contribution is 0.0443. The molecule has 1 aromatic carbocycles. The molecular weight excluding hydrogens is 275 g/mol. The van der Waals surface area contributed by atoms with Gasteiger partial charge < -0.3 is 15.7 Å². The highest BCUT2D eigenvalue weighted by atomic mass is 35.5. The van der Waals surface area contributed by atoms with Crippen molar-refractivity contribution in [1.82, 2.24) is 5.32 Å². The van der Waals surface area contributed by atoms with Crippen molar-refractivity contribution in [2.75, 3.05) is 11.9 Å². The molecule has 0 aliphatic heterocycles. The van der Waals surface area contributed by atoms with Crippen LogP contribution in [0.25, 0.3) is 0 Å². The van der Waals surface area contributed by atoms with E-state index in [0.717, 1.165) is 12.8 Å². The Labute approximate surface area is 115 Å². The standard InChI is InChI=1S/C12H14Cl2N2O2/c13-10-2-1-8(5-11(10)14)16-12(18)15-6-7-3-9(17)4-7/h1-2,5,7,9,17H,3-4,6H2,(H2,15,16,18). The van der Waals surface area contributed by atoms with Gasteiger partial charge in [-0.05, 0) is 37.0 Å². The van der Waals surface area contributed by atoms with Crippen LogP contribution in [0.2, 0.25) is 10.0 Å². The van der Waals surface area contributed by atoms with Crippen molar-refractivity contribution in [3.05, 3.63) is 28.2 Å². The third-order valence-corrected chi connectivity index (χ3v) is 3.68. The zero-order valence-corrected chi connectivity index (χ0v) is 11.1. The number of hydrogen-bond acceptors (Lipinski definition) is 2. The van der Waals surface area contributed by atoms with Crippen molar-refractivity contribution < 1.29 is 9.90 Å². The Kier molecular flexibility index (Phi) is 4.32. The fourth-order valence-corrected chi connectivity index (χ4v) is 2.15. The van der Waals surface area contributed by atoms with E-state index < -0.39 is 0 Å². The molecule has 2 amide bonds. The molecule has 1 aliphatic rings. The Hall–Kier alpha value is -0.970. The molecule has 3 N–H and O–H groups in total. The van der Waals surface area contributed by atoms with E-state index in [0.29, 0.717) is 28.2 Å². The van der Waals surface area contributed by atoms with E-state index in [1.165, 1.54) is 0 Å². The number of aliphatic hydroxyl groups excluding tert-OH is 1. The summed E-state index contributed by atoms with van der Waals surface area (Å²) in [5, 5.41) is 15.4. The van der Waals surface area contributed by atoms with Crippen LogP contribution in [0, 0.1) is 5.92 Å². The Morgan fingerprint density at radius 2 is 2.06 bits per heavy atom. The first-order valence-corrected chi connectivity index (χ1v) is 6.48. The molecule has 1 saturated carbocycles. The number of benzene rings is 1. The number of urea groups is 1. The van der Waals surface area contributed by atoms with Crippen LogP contribution in [0.4, 0.5) is 10.5 Å². The van der Waals surface area contributed by atoms with Crippen LogP contribution in [0.5, 0.6) is 0 Å².